The number of nitrogens with zero attached hydrogens (tertiary/aromatic N) is 5. The highest BCUT2D eigenvalue weighted by atomic mass is 16.5. The first kappa shape index (κ1) is 20.9. The first-order chi connectivity index (χ1) is 14.7. The Bertz CT molecular complexity index is 1040. The molecule has 0 N–H and O–H groups in total. The summed E-state index contributed by atoms with van der Waals surface area (Å²) in [5.74, 6) is 8.51. The van der Waals surface area contributed by atoms with Gasteiger partial charge in [-0.2, -0.15) is 5.26 Å². The van der Waals surface area contributed by atoms with Crippen LogP contribution in [-0.2, 0) is 19.6 Å². The molecule has 0 aliphatic heterocycles. The molecular formula is C23H23N5O2. The lowest BCUT2D eigenvalue weighted by molar-refractivity contribution is 0.306. The van der Waals surface area contributed by atoms with E-state index < -0.39 is 0 Å². The third-order valence-electron chi connectivity index (χ3n) is 4.59. The zero-order valence-electron chi connectivity index (χ0n) is 17.1. The minimum atomic E-state index is -0.0440. The number of hydrogen-bond donors (Lipinski definition) is 0. The van der Waals surface area contributed by atoms with Crippen LogP contribution in [0.25, 0.3) is 0 Å². The Balaban J connectivity index is 1.65. The number of rotatable bonds is 9. The molecule has 2 aromatic carbocycles. The summed E-state index contributed by atoms with van der Waals surface area (Å²) in [5, 5.41) is 20.6. The van der Waals surface area contributed by atoms with E-state index in [-0.39, 0.29) is 5.92 Å². The summed E-state index contributed by atoms with van der Waals surface area (Å²) < 4.78 is 12.7. The maximum atomic E-state index is 8.79. The van der Waals surface area contributed by atoms with Gasteiger partial charge >= 0.3 is 0 Å². The summed E-state index contributed by atoms with van der Waals surface area (Å²) in [6.45, 7) is 2.77. The van der Waals surface area contributed by atoms with E-state index in [0.29, 0.717) is 26.0 Å². The van der Waals surface area contributed by atoms with Crippen molar-refractivity contribution in [3.05, 3.63) is 65.5 Å². The number of ether oxygens (including phenoxy) is 2. The molecule has 30 heavy (non-hydrogen) atoms. The first-order valence-corrected chi connectivity index (χ1v) is 9.63. The van der Waals surface area contributed by atoms with Crippen molar-refractivity contribution < 1.29 is 9.47 Å². The lowest BCUT2D eigenvalue weighted by Crippen LogP contribution is -2.10. The zero-order chi connectivity index (χ0) is 21.2. The molecule has 0 fully saturated rings. The maximum Gasteiger partial charge on any atom is 0.152 e. The smallest absolute Gasteiger partial charge is 0.152 e. The number of aromatic nitrogens is 4. The van der Waals surface area contributed by atoms with Crippen molar-refractivity contribution in [2.75, 3.05) is 7.11 Å². The Kier molecular flexibility index (Phi) is 7.40. The van der Waals surface area contributed by atoms with Crippen LogP contribution in [0.4, 0.5) is 0 Å². The number of aryl methyl sites for hydroxylation is 1. The average Bonchev–Trinajstić information content (AvgIpc) is 3.23. The second kappa shape index (κ2) is 10.6. The van der Waals surface area contributed by atoms with Gasteiger partial charge in [0, 0.05) is 6.42 Å². The molecule has 0 saturated heterocycles. The normalized spacial score (nSPS) is 11.1. The van der Waals surface area contributed by atoms with Gasteiger partial charge in [-0.1, -0.05) is 30.2 Å². The lowest BCUT2D eigenvalue weighted by Gasteiger charge is -2.12. The molecule has 0 saturated carbocycles. The topological polar surface area (TPSA) is 85.9 Å². The molecule has 3 rings (SSSR count). The molecule has 0 spiro atoms. The number of tetrazole rings is 1. The molecule has 1 atom stereocenters. The van der Waals surface area contributed by atoms with Crippen molar-refractivity contribution in [2.45, 2.75) is 38.8 Å². The van der Waals surface area contributed by atoms with E-state index in [9.17, 15) is 0 Å². The molecule has 0 aliphatic rings. The van der Waals surface area contributed by atoms with Crippen LogP contribution >= 0.6 is 0 Å². The average molecular weight is 401 g/mol. The van der Waals surface area contributed by atoms with Crippen molar-refractivity contribution in [1.29, 1.82) is 5.26 Å². The van der Waals surface area contributed by atoms with Crippen molar-refractivity contribution in [3.8, 4) is 29.4 Å². The van der Waals surface area contributed by atoms with Gasteiger partial charge in [0.05, 0.1) is 32.1 Å². The van der Waals surface area contributed by atoms with Gasteiger partial charge in [-0.05, 0) is 52.7 Å². The standard InChI is InChI=1S/C23H23N5O2/c1-3-5-20(16-23-25-26-27-28(23)15-4-14-24)19-8-12-22(13-9-19)30-17-18-6-10-21(29-2)11-7-18/h6-13,20H,4,15-17H2,1-2H3. The van der Waals surface area contributed by atoms with Crippen LogP contribution in [0.2, 0.25) is 0 Å². The Labute approximate surface area is 176 Å². The summed E-state index contributed by atoms with van der Waals surface area (Å²) in [7, 11) is 1.65. The molecule has 1 unspecified atom stereocenters. The Morgan fingerprint density at radius 2 is 1.80 bits per heavy atom. The van der Waals surface area contributed by atoms with E-state index in [1.165, 1.54) is 0 Å². The lowest BCUT2D eigenvalue weighted by atomic mass is 9.95. The summed E-state index contributed by atoms with van der Waals surface area (Å²) in [4.78, 5) is 0. The molecule has 0 aliphatic carbocycles. The Morgan fingerprint density at radius 3 is 2.47 bits per heavy atom. The van der Waals surface area contributed by atoms with Crippen LogP contribution in [0.1, 0.15) is 36.2 Å². The van der Waals surface area contributed by atoms with Crippen LogP contribution in [0, 0.1) is 23.2 Å². The van der Waals surface area contributed by atoms with Gasteiger partial charge in [0.15, 0.2) is 5.82 Å². The van der Waals surface area contributed by atoms with Crippen LogP contribution < -0.4 is 9.47 Å². The molecule has 0 bridgehead atoms. The van der Waals surface area contributed by atoms with E-state index in [1.807, 2.05) is 55.5 Å². The predicted molar refractivity (Wildman–Crippen MR) is 112 cm³/mol. The Morgan fingerprint density at radius 1 is 1.07 bits per heavy atom. The number of benzene rings is 2. The fraction of sp³-hybridized carbons (Fsp3) is 0.304. The fourth-order valence-electron chi connectivity index (χ4n) is 2.99. The van der Waals surface area contributed by atoms with E-state index in [1.54, 1.807) is 11.8 Å². The highest BCUT2D eigenvalue weighted by molar-refractivity contribution is 5.34. The molecule has 0 radical (unpaired) electrons. The van der Waals surface area contributed by atoms with Crippen molar-refractivity contribution in [3.63, 3.8) is 0 Å². The predicted octanol–water partition coefficient (Wildman–Crippen LogP) is 3.52. The SMILES string of the molecule is CC#CC(Cc1nnnn1CCC#N)c1ccc(OCc2ccc(OC)cc2)cc1. The molecule has 7 heteroatoms. The second-order valence-electron chi connectivity index (χ2n) is 6.58. The minimum Gasteiger partial charge on any atom is -0.497 e. The number of hydrogen-bond acceptors (Lipinski definition) is 6. The third kappa shape index (κ3) is 5.59. The largest absolute Gasteiger partial charge is 0.497 e. The van der Waals surface area contributed by atoms with Crippen LogP contribution in [0.5, 0.6) is 11.5 Å². The number of methoxy groups -OCH3 is 1. The van der Waals surface area contributed by atoms with Crippen LogP contribution in [0.15, 0.2) is 48.5 Å². The Hall–Kier alpha value is -3.84. The van der Waals surface area contributed by atoms with Gasteiger partial charge in [0.25, 0.3) is 0 Å². The van der Waals surface area contributed by atoms with E-state index >= 15 is 0 Å². The van der Waals surface area contributed by atoms with E-state index in [0.717, 1.165) is 28.5 Å². The summed E-state index contributed by atoms with van der Waals surface area (Å²) in [5.41, 5.74) is 2.13. The highest BCUT2D eigenvalue weighted by Crippen LogP contribution is 2.23. The monoisotopic (exact) mass is 401 g/mol. The second-order valence-corrected chi connectivity index (χ2v) is 6.58. The zero-order valence-corrected chi connectivity index (χ0v) is 17.1. The molecule has 0 amide bonds. The molecule has 1 heterocycles. The summed E-state index contributed by atoms with van der Waals surface area (Å²) in [6.07, 6.45) is 0.938. The molecule has 7 nitrogen and oxygen atoms in total. The van der Waals surface area contributed by atoms with Gasteiger partial charge in [-0.15, -0.1) is 11.0 Å². The molecule has 152 valence electrons. The van der Waals surface area contributed by atoms with E-state index in [2.05, 4.69) is 33.4 Å². The van der Waals surface area contributed by atoms with Crippen molar-refractivity contribution in [1.82, 2.24) is 20.2 Å². The summed E-state index contributed by atoms with van der Waals surface area (Å²) in [6, 6.07) is 17.8. The highest BCUT2D eigenvalue weighted by Gasteiger charge is 2.15. The quantitative estimate of drug-likeness (QED) is 0.510. The van der Waals surface area contributed by atoms with Gasteiger partial charge in [-0.25, -0.2) is 4.68 Å². The van der Waals surface area contributed by atoms with E-state index in [4.69, 9.17) is 14.7 Å². The van der Waals surface area contributed by atoms with Gasteiger partial charge < -0.3 is 9.47 Å². The molecular weight excluding hydrogens is 378 g/mol. The number of nitriles is 1. The van der Waals surface area contributed by atoms with Gasteiger partial charge in [0.1, 0.15) is 18.1 Å². The molecule has 3 aromatic rings. The first-order valence-electron chi connectivity index (χ1n) is 9.63. The maximum absolute atomic E-state index is 8.79. The fourth-order valence-corrected chi connectivity index (χ4v) is 2.99. The van der Waals surface area contributed by atoms with Gasteiger partial charge in [-0.3, -0.25) is 0 Å². The van der Waals surface area contributed by atoms with Crippen LogP contribution in [-0.4, -0.2) is 27.3 Å². The van der Waals surface area contributed by atoms with Gasteiger partial charge in [0.2, 0.25) is 0 Å². The van der Waals surface area contributed by atoms with Crippen molar-refractivity contribution in [2.24, 2.45) is 0 Å². The van der Waals surface area contributed by atoms with Crippen LogP contribution in [0.3, 0.4) is 0 Å². The molecule has 1 aromatic heterocycles. The summed E-state index contributed by atoms with van der Waals surface area (Å²) >= 11 is 0. The minimum absolute atomic E-state index is 0.0440. The van der Waals surface area contributed by atoms with Crippen molar-refractivity contribution >= 4 is 0 Å². The third-order valence-corrected chi connectivity index (χ3v) is 4.59.